The highest BCUT2D eigenvalue weighted by atomic mass is 35.5. The third kappa shape index (κ3) is 4.02. The molecule has 1 amide bonds. The van der Waals surface area contributed by atoms with E-state index in [0.717, 1.165) is 25.0 Å². The molecule has 24 heavy (non-hydrogen) atoms. The Balaban J connectivity index is 0.00000208. The lowest BCUT2D eigenvalue weighted by Gasteiger charge is -2.14. The SMILES string of the molecule is Cl.N[C@@H](C[C@H]1CC2(CC2)NC1=O)C(=O)COc1ccc(F)cc1F. The summed E-state index contributed by atoms with van der Waals surface area (Å²) >= 11 is 0. The van der Waals surface area contributed by atoms with Crippen molar-refractivity contribution in [1.82, 2.24) is 5.32 Å². The van der Waals surface area contributed by atoms with Crippen LogP contribution >= 0.6 is 12.4 Å². The molecule has 1 spiro atoms. The van der Waals surface area contributed by atoms with Gasteiger partial charge in [0, 0.05) is 17.5 Å². The first kappa shape index (κ1) is 18.6. The average molecular weight is 361 g/mol. The molecule has 3 rings (SSSR count). The van der Waals surface area contributed by atoms with E-state index >= 15 is 0 Å². The Bertz CT molecular complexity index is 652. The van der Waals surface area contributed by atoms with Crippen LogP contribution in [0, 0.1) is 17.6 Å². The van der Waals surface area contributed by atoms with Crippen LogP contribution < -0.4 is 15.8 Å². The number of hydrogen-bond acceptors (Lipinski definition) is 4. The molecular weight excluding hydrogens is 342 g/mol. The summed E-state index contributed by atoms with van der Waals surface area (Å²) < 4.78 is 31.2. The second kappa shape index (κ2) is 7.03. The molecule has 2 fully saturated rings. The fourth-order valence-electron chi connectivity index (χ4n) is 2.94. The molecular formula is C16H19ClF2N2O3. The Kier molecular flexibility index (Phi) is 5.45. The van der Waals surface area contributed by atoms with E-state index in [0.29, 0.717) is 12.5 Å². The highest BCUT2D eigenvalue weighted by Gasteiger charge is 2.52. The zero-order chi connectivity index (χ0) is 16.6. The van der Waals surface area contributed by atoms with Crippen molar-refractivity contribution >= 4 is 24.1 Å². The van der Waals surface area contributed by atoms with Crippen LogP contribution in [0.2, 0.25) is 0 Å². The predicted octanol–water partition coefficient (Wildman–Crippen LogP) is 1.72. The number of carbonyl (C=O) groups excluding carboxylic acids is 2. The summed E-state index contributed by atoms with van der Waals surface area (Å²) in [5.74, 6) is -2.55. The van der Waals surface area contributed by atoms with Gasteiger partial charge < -0.3 is 15.8 Å². The molecule has 2 aliphatic rings. The largest absolute Gasteiger partial charge is 0.483 e. The van der Waals surface area contributed by atoms with E-state index in [1.54, 1.807) is 0 Å². The number of amides is 1. The number of Topliss-reactive ketones (excluding diaryl/α,β-unsaturated/α-hetero) is 1. The molecule has 5 nitrogen and oxygen atoms in total. The van der Waals surface area contributed by atoms with E-state index in [1.807, 2.05) is 0 Å². The lowest BCUT2D eigenvalue weighted by Crippen LogP contribution is -2.37. The number of nitrogens with two attached hydrogens (primary N) is 1. The molecule has 0 bridgehead atoms. The van der Waals surface area contributed by atoms with Gasteiger partial charge in [0.25, 0.3) is 0 Å². The molecule has 1 aromatic carbocycles. The minimum Gasteiger partial charge on any atom is -0.483 e. The fraction of sp³-hybridized carbons (Fsp3) is 0.500. The first-order chi connectivity index (χ1) is 10.9. The van der Waals surface area contributed by atoms with Crippen molar-refractivity contribution in [2.45, 2.75) is 37.3 Å². The molecule has 1 aliphatic heterocycles. The van der Waals surface area contributed by atoms with Crippen LogP contribution in [-0.2, 0) is 9.59 Å². The second-order valence-corrected chi connectivity index (χ2v) is 6.34. The van der Waals surface area contributed by atoms with Crippen molar-refractivity contribution in [1.29, 1.82) is 0 Å². The number of rotatable bonds is 6. The highest BCUT2D eigenvalue weighted by molar-refractivity contribution is 5.87. The van der Waals surface area contributed by atoms with Crippen LogP contribution in [0.15, 0.2) is 18.2 Å². The number of benzene rings is 1. The van der Waals surface area contributed by atoms with E-state index in [4.69, 9.17) is 10.5 Å². The summed E-state index contributed by atoms with van der Waals surface area (Å²) in [7, 11) is 0. The van der Waals surface area contributed by atoms with Crippen LogP contribution in [0.1, 0.15) is 25.7 Å². The minimum absolute atomic E-state index is 0. The van der Waals surface area contributed by atoms with Gasteiger partial charge in [0.05, 0.1) is 6.04 Å². The monoisotopic (exact) mass is 360 g/mol. The van der Waals surface area contributed by atoms with Crippen LogP contribution in [-0.4, -0.2) is 29.9 Å². The molecule has 1 heterocycles. The number of hydrogen-bond donors (Lipinski definition) is 2. The zero-order valence-corrected chi connectivity index (χ0v) is 13.7. The molecule has 8 heteroatoms. The van der Waals surface area contributed by atoms with Gasteiger partial charge in [-0.05, 0) is 37.8 Å². The number of ether oxygens (including phenoxy) is 1. The standard InChI is InChI=1S/C16H18F2N2O3.ClH/c17-10-1-2-14(11(18)6-10)23-8-13(21)12(19)5-9-7-16(3-4-16)20-15(9)22;/h1-2,6,9,12H,3-5,7-8,19H2,(H,20,22);1H/t9-,12-;/m0./s1. The Morgan fingerprint density at radius 1 is 1.42 bits per heavy atom. The maximum Gasteiger partial charge on any atom is 0.223 e. The summed E-state index contributed by atoms with van der Waals surface area (Å²) in [6.07, 6.45) is 2.92. The van der Waals surface area contributed by atoms with Crippen LogP contribution in [0.5, 0.6) is 5.75 Å². The Labute approximate surface area is 144 Å². The smallest absolute Gasteiger partial charge is 0.223 e. The molecule has 1 aromatic rings. The molecule has 0 radical (unpaired) electrons. The van der Waals surface area contributed by atoms with E-state index in [9.17, 15) is 18.4 Å². The van der Waals surface area contributed by atoms with Crippen molar-refractivity contribution in [3.63, 3.8) is 0 Å². The van der Waals surface area contributed by atoms with Crippen molar-refractivity contribution in [2.75, 3.05) is 6.61 Å². The molecule has 1 saturated heterocycles. The van der Waals surface area contributed by atoms with Gasteiger partial charge in [0.15, 0.2) is 17.3 Å². The molecule has 0 aromatic heterocycles. The van der Waals surface area contributed by atoms with Gasteiger partial charge in [-0.3, -0.25) is 9.59 Å². The topological polar surface area (TPSA) is 81.4 Å². The quantitative estimate of drug-likeness (QED) is 0.809. The summed E-state index contributed by atoms with van der Waals surface area (Å²) in [5, 5.41) is 2.95. The average Bonchev–Trinajstić information content (AvgIpc) is 3.16. The fourth-order valence-corrected chi connectivity index (χ4v) is 2.94. The minimum atomic E-state index is -0.878. The van der Waals surface area contributed by atoms with Gasteiger partial charge in [-0.1, -0.05) is 0 Å². The van der Waals surface area contributed by atoms with Gasteiger partial charge in [-0.2, -0.15) is 0 Å². The maximum atomic E-state index is 13.4. The number of nitrogens with one attached hydrogen (secondary N) is 1. The predicted molar refractivity (Wildman–Crippen MR) is 84.9 cm³/mol. The lowest BCUT2D eigenvalue weighted by atomic mass is 9.94. The van der Waals surface area contributed by atoms with E-state index < -0.39 is 30.1 Å². The van der Waals surface area contributed by atoms with Gasteiger partial charge in [0.2, 0.25) is 5.91 Å². The van der Waals surface area contributed by atoms with Crippen molar-refractivity contribution in [2.24, 2.45) is 11.7 Å². The first-order valence-electron chi connectivity index (χ1n) is 7.57. The maximum absolute atomic E-state index is 13.4. The molecule has 1 saturated carbocycles. The van der Waals surface area contributed by atoms with Crippen molar-refractivity contribution in [3.05, 3.63) is 29.8 Å². The van der Waals surface area contributed by atoms with Gasteiger partial charge >= 0.3 is 0 Å². The summed E-state index contributed by atoms with van der Waals surface area (Å²) in [4.78, 5) is 23.8. The van der Waals surface area contributed by atoms with Crippen LogP contribution in [0.4, 0.5) is 8.78 Å². The van der Waals surface area contributed by atoms with Crippen LogP contribution in [0.25, 0.3) is 0 Å². The molecule has 3 N–H and O–H groups in total. The van der Waals surface area contributed by atoms with Gasteiger partial charge in [0.1, 0.15) is 12.4 Å². The normalized spacial score (nSPS) is 21.8. The molecule has 0 unspecified atom stereocenters. The second-order valence-electron chi connectivity index (χ2n) is 6.34. The van der Waals surface area contributed by atoms with Crippen LogP contribution in [0.3, 0.4) is 0 Å². The Hall–Kier alpha value is -1.73. The third-order valence-electron chi connectivity index (χ3n) is 4.47. The zero-order valence-electron chi connectivity index (χ0n) is 12.9. The number of halogens is 3. The molecule has 1 aliphatic carbocycles. The number of ketones is 1. The molecule has 132 valence electrons. The molecule has 2 atom stereocenters. The van der Waals surface area contributed by atoms with Gasteiger partial charge in [-0.25, -0.2) is 8.78 Å². The van der Waals surface area contributed by atoms with Gasteiger partial charge in [-0.15, -0.1) is 12.4 Å². The summed E-state index contributed by atoms with van der Waals surface area (Å²) in [6, 6.07) is 1.99. The van der Waals surface area contributed by atoms with E-state index in [1.165, 1.54) is 0 Å². The Morgan fingerprint density at radius 3 is 2.71 bits per heavy atom. The third-order valence-corrected chi connectivity index (χ3v) is 4.47. The summed E-state index contributed by atoms with van der Waals surface area (Å²) in [5.41, 5.74) is 5.77. The van der Waals surface area contributed by atoms with E-state index in [-0.39, 0.29) is 41.9 Å². The van der Waals surface area contributed by atoms with Crippen molar-refractivity contribution in [3.8, 4) is 5.75 Å². The lowest BCUT2D eigenvalue weighted by molar-refractivity contribution is -0.124. The van der Waals surface area contributed by atoms with E-state index in [2.05, 4.69) is 5.32 Å². The number of carbonyl (C=O) groups is 2. The van der Waals surface area contributed by atoms with Crippen molar-refractivity contribution < 1.29 is 23.1 Å². The first-order valence-corrected chi connectivity index (χ1v) is 7.57. The highest BCUT2D eigenvalue weighted by Crippen LogP contribution is 2.46. The Morgan fingerprint density at radius 2 is 2.12 bits per heavy atom. The summed E-state index contributed by atoms with van der Waals surface area (Å²) in [6.45, 7) is -0.413.